The summed E-state index contributed by atoms with van der Waals surface area (Å²) in [7, 11) is 2.76. The van der Waals surface area contributed by atoms with Gasteiger partial charge in [-0.05, 0) is 12.1 Å². The molecule has 0 spiro atoms. The minimum absolute atomic E-state index is 0.178. The summed E-state index contributed by atoms with van der Waals surface area (Å²) in [6, 6.07) is 3.12. The third-order valence-electron chi connectivity index (χ3n) is 1.83. The van der Waals surface area contributed by atoms with Crippen LogP contribution in [-0.2, 0) is 9.53 Å². The molecule has 1 heterocycles. The van der Waals surface area contributed by atoms with Crippen molar-refractivity contribution in [2.75, 3.05) is 20.8 Å². The maximum absolute atomic E-state index is 11.4. The SMILES string of the molecule is COC(=O)CNC(=O)c1ccc(OC)cn1. The minimum Gasteiger partial charge on any atom is -0.495 e. The Bertz CT molecular complexity index is 375. The molecule has 0 aliphatic carbocycles. The van der Waals surface area contributed by atoms with Gasteiger partial charge in [-0.25, -0.2) is 4.98 Å². The number of carbonyl (C=O) groups is 2. The number of hydrogen-bond acceptors (Lipinski definition) is 5. The first-order valence-electron chi connectivity index (χ1n) is 4.52. The van der Waals surface area contributed by atoms with E-state index in [0.717, 1.165) is 0 Å². The van der Waals surface area contributed by atoms with E-state index in [1.165, 1.54) is 26.5 Å². The molecule has 0 unspecified atom stereocenters. The van der Waals surface area contributed by atoms with E-state index in [0.29, 0.717) is 5.75 Å². The molecule has 0 fully saturated rings. The third kappa shape index (κ3) is 3.23. The van der Waals surface area contributed by atoms with Gasteiger partial charge in [0.2, 0.25) is 0 Å². The Morgan fingerprint density at radius 1 is 1.38 bits per heavy atom. The van der Waals surface area contributed by atoms with Gasteiger partial charge in [0.1, 0.15) is 18.0 Å². The highest BCUT2D eigenvalue weighted by Crippen LogP contribution is 2.07. The molecule has 86 valence electrons. The van der Waals surface area contributed by atoms with Crippen LogP contribution in [0, 0.1) is 0 Å². The highest BCUT2D eigenvalue weighted by atomic mass is 16.5. The Hall–Kier alpha value is -2.11. The fraction of sp³-hybridized carbons (Fsp3) is 0.300. The van der Waals surface area contributed by atoms with Gasteiger partial charge in [-0.2, -0.15) is 0 Å². The number of nitrogens with one attached hydrogen (secondary N) is 1. The number of ether oxygens (including phenoxy) is 2. The fourth-order valence-corrected chi connectivity index (χ4v) is 0.951. The largest absolute Gasteiger partial charge is 0.495 e. The Morgan fingerprint density at radius 3 is 2.62 bits per heavy atom. The molecular formula is C10H12N2O4. The number of nitrogens with zero attached hydrogens (tertiary/aromatic N) is 1. The number of carbonyl (C=O) groups excluding carboxylic acids is 2. The van der Waals surface area contributed by atoms with Gasteiger partial charge in [0, 0.05) is 0 Å². The first kappa shape index (κ1) is 12.0. The molecule has 6 nitrogen and oxygen atoms in total. The van der Waals surface area contributed by atoms with Crippen molar-refractivity contribution >= 4 is 11.9 Å². The molecule has 1 amide bonds. The maximum atomic E-state index is 11.4. The monoisotopic (exact) mass is 224 g/mol. The zero-order valence-electron chi connectivity index (χ0n) is 9.02. The lowest BCUT2D eigenvalue weighted by Crippen LogP contribution is -2.30. The van der Waals surface area contributed by atoms with Gasteiger partial charge in [-0.3, -0.25) is 9.59 Å². The predicted molar refractivity (Wildman–Crippen MR) is 55.1 cm³/mol. The van der Waals surface area contributed by atoms with Crippen molar-refractivity contribution in [1.29, 1.82) is 0 Å². The second-order valence-corrected chi connectivity index (χ2v) is 2.84. The van der Waals surface area contributed by atoms with E-state index >= 15 is 0 Å². The van der Waals surface area contributed by atoms with Gasteiger partial charge in [0.05, 0.1) is 20.4 Å². The summed E-state index contributed by atoms with van der Waals surface area (Å²) in [6.07, 6.45) is 1.42. The number of hydrogen-bond donors (Lipinski definition) is 1. The van der Waals surface area contributed by atoms with Crippen molar-refractivity contribution in [2.45, 2.75) is 0 Å². The Labute approximate surface area is 92.6 Å². The van der Waals surface area contributed by atoms with Crippen molar-refractivity contribution in [3.8, 4) is 5.75 Å². The third-order valence-corrected chi connectivity index (χ3v) is 1.83. The molecule has 0 saturated heterocycles. The van der Waals surface area contributed by atoms with Crippen molar-refractivity contribution in [2.24, 2.45) is 0 Å². The van der Waals surface area contributed by atoms with E-state index < -0.39 is 11.9 Å². The smallest absolute Gasteiger partial charge is 0.325 e. The van der Waals surface area contributed by atoms with Gasteiger partial charge < -0.3 is 14.8 Å². The van der Waals surface area contributed by atoms with Crippen LogP contribution < -0.4 is 10.1 Å². The molecule has 0 saturated carbocycles. The molecule has 0 atom stereocenters. The Morgan fingerprint density at radius 2 is 2.12 bits per heavy atom. The van der Waals surface area contributed by atoms with E-state index in [-0.39, 0.29) is 12.2 Å². The zero-order valence-corrected chi connectivity index (χ0v) is 9.02. The fourth-order valence-electron chi connectivity index (χ4n) is 0.951. The first-order valence-corrected chi connectivity index (χ1v) is 4.52. The molecule has 0 aliphatic rings. The summed E-state index contributed by atoms with van der Waals surface area (Å²) in [5, 5.41) is 2.37. The minimum atomic E-state index is -0.512. The van der Waals surface area contributed by atoms with Gasteiger partial charge in [0.15, 0.2) is 0 Å². The van der Waals surface area contributed by atoms with E-state index in [4.69, 9.17) is 4.74 Å². The lowest BCUT2D eigenvalue weighted by Gasteiger charge is -2.03. The van der Waals surface area contributed by atoms with E-state index in [9.17, 15) is 9.59 Å². The Balaban J connectivity index is 2.56. The average molecular weight is 224 g/mol. The molecular weight excluding hydrogens is 212 g/mol. The van der Waals surface area contributed by atoms with Crippen molar-refractivity contribution < 1.29 is 19.1 Å². The molecule has 1 aromatic rings. The molecule has 1 N–H and O–H groups in total. The van der Waals surface area contributed by atoms with Crippen LogP contribution in [0.15, 0.2) is 18.3 Å². The summed E-state index contributed by atoms with van der Waals surface area (Å²) in [6.45, 7) is -0.178. The Kier molecular flexibility index (Phi) is 4.26. The van der Waals surface area contributed by atoms with Crippen molar-refractivity contribution in [3.05, 3.63) is 24.0 Å². The number of esters is 1. The van der Waals surface area contributed by atoms with Crippen molar-refractivity contribution in [3.63, 3.8) is 0 Å². The molecule has 6 heteroatoms. The van der Waals surface area contributed by atoms with Gasteiger partial charge in [-0.1, -0.05) is 0 Å². The van der Waals surface area contributed by atoms with Gasteiger partial charge in [-0.15, -0.1) is 0 Å². The number of amides is 1. The quantitative estimate of drug-likeness (QED) is 0.728. The molecule has 1 rings (SSSR count). The van der Waals surface area contributed by atoms with Crippen LogP contribution >= 0.6 is 0 Å². The summed E-state index contributed by atoms with van der Waals surface area (Å²) in [4.78, 5) is 26.1. The van der Waals surface area contributed by atoms with E-state index in [1.807, 2.05) is 0 Å². The van der Waals surface area contributed by atoms with Crippen LogP contribution in [0.5, 0.6) is 5.75 Å². The van der Waals surface area contributed by atoms with Crippen LogP contribution in [0.1, 0.15) is 10.5 Å². The summed E-state index contributed by atoms with van der Waals surface area (Å²) < 4.78 is 9.28. The van der Waals surface area contributed by atoms with Crippen LogP contribution in [0.4, 0.5) is 0 Å². The lowest BCUT2D eigenvalue weighted by atomic mass is 10.3. The lowest BCUT2D eigenvalue weighted by molar-refractivity contribution is -0.139. The molecule has 0 radical (unpaired) electrons. The number of pyridine rings is 1. The number of aromatic nitrogens is 1. The number of methoxy groups -OCH3 is 2. The average Bonchev–Trinajstić information content (AvgIpc) is 2.35. The summed E-state index contributed by atoms with van der Waals surface area (Å²) in [5.74, 6) is -0.389. The van der Waals surface area contributed by atoms with E-state index in [1.54, 1.807) is 6.07 Å². The standard InChI is InChI=1S/C10H12N2O4/c1-15-7-3-4-8(11-5-7)10(14)12-6-9(13)16-2/h3-5H,6H2,1-2H3,(H,12,14). The molecule has 0 aromatic carbocycles. The maximum Gasteiger partial charge on any atom is 0.325 e. The highest BCUT2D eigenvalue weighted by Gasteiger charge is 2.08. The second kappa shape index (κ2) is 5.69. The van der Waals surface area contributed by atoms with E-state index in [2.05, 4.69) is 15.0 Å². The van der Waals surface area contributed by atoms with Crippen LogP contribution in [-0.4, -0.2) is 37.6 Å². The summed E-state index contributed by atoms with van der Waals surface area (Å²) in [5.41, 5.74) is 0.213. The highest BCUT2D eigenvalue weighted by molar-refractivity contribution is 5.94. The zero-order chi connectivity index (χ0) is 12.0. The molecule has 0 bridgehead atoms. The van der Waals surface area contributed by atoms with Crippen LogP contribution in [0.25, 0.3) is 0 Å². The molecule has 16 heavy (non-hydrogen) atoms. The number of rotatable bonds is 4. The first-order chi connectivity index (χ1) is 7.67. The topological polar surface area (TPSA) is 77.5 Å². The van der Waals surface area contributed by atoms with Crippen molar-refractivity contribution in [1.82, 2.24) is 10.3 Å². The second-order valence-electron chi connectivity index (χ2n) is 2.84. The predicted octanol–water partition coefficient (Wildman–Crippen LogP) is -0.00700. The van der Waals surface area contributed by atoms with Gasteiger partial charge in [0.25, 0.3) is 5.91 Å². The molecule has 1 aromatic heterocycles. The van der Waals surface area contributed by atoms with Crippen LogP contribution in [0.2, 0.25) is 0 Å². The normalized spacial score (nSPS) is 9.38. The molecule has 0 aliphatic heterocycles. The van der Waals surface area contributed by atoms with Crippen LogP contribution in [0.3, 0.4) is 0 Å². The van der Waals surface area contributed by atoms with Gasteiger partial charge >= 0.3 is 5.97 Å². The summed E-state index contributed by atoms with van der Waals surface area (Å²) >= 11 is 0.